The number of nitrogens with zero attached hydrogens (tertiary/aromatic N) is 2. The molecule has 3 saturated carbocycles. The van der Waals surface area contributed by atoms with Gasteiger partial charge in [0.05, 0.1) is 23.2 Å². The van der Waals surface area contributed by atoms with Crippen LogP contribution < -0.4 is 21.8 Å². The van der Waals surface area contributed by atoms with Gasteiger partial charge < -0.3 is 25.7 Å². The second kappa shape index (κ2) is 12.7. The monoisotopic (exact) mass is 606 g/mol. The Balaban J connectivity index is 1.49. The Labute approximate surface area is 250 Å². The third-order valence-electron chi connectivity index (χ3n) is 9.31. The van der Waals surface area contributed by atoms with Crippen LogP contribution in [0.2, 0.25) is 0 Å². The van der Waals surface area contributed by atoms with Gasteiger partial charge in [-0.15, -0.1) is 0 Å². The minimum Gasteiger partial charge on any atom is -0.404 e. The first kappa shape index (κ1) is 32.6. The maximum atomic E-state index is 14.4. The lowest BCUT2D eigenvalue weighted by Gasteiger charge is -2.64. The Bertz CT molecular complexity index is 1270. The van der Waals surface area contributed by atoms with Crippen molar-refractivity contribution < 1.29 is 32.7 Å². The van der Waals surface area contributed by atoms with E-state index in [0.717, 1.165) is 25.0 Å². The van der Waals surface area contributed by atoms with Crippen molar-refractivity contribution in [1.29, 1.82) is 0 Å². The number of nitrogens with one attached hydrogen (secondary N) is 3. The highest BCUT2D eigenvalue weighted by molar-refractivity contribution is 6.48. The Morgan fingerprint density at radius 1 is 1.23 bits per heavy atom. The summed E-state index contributed by atoms with van der Waals surface area (Å²) in [5.74, 6) is -3.97. The van der Waals surface area contributed by atoms with Gasteiger partial charge in [-0.25, -0.2) is 23.9 Å². The summed E-state index contributed by atoms with van der Waals surface area (Å²) in [6.45, 7) is 10.6. The number of hydrogen-bond donors (Lipinski definition) is 4. The van der Waals surface area contributed by atoms with Crippen LogP contribution in [-0.4, -0.2) is 60.2 Å². The second-order valence-corrected chi connectivity index (χ2v) is 13.0. The highest BCUT2D eigenvalue weighted by atomic mass is 19.2. The lowest BCUT2D eigenvalue weighted by atomic mass is 9.43. The predicted molar refractivity (Wildman–Crippen MR) is 155 cm³/mol. The van der Waals surface area contributed by atoms with E-state index < -0.39 is 64.7 Å². The summed E-state index contributed by atoms with van der Waals surface area (Å²) >= 11 is 0. The smallest absolute Gasteiger partial charge is 0.404 e. The summed E-state index contributed by atoms with van der Waals surface area (Å²) in [7, 11) is -0.703. The first-order chi connectivity index (χ1) is 20.1. The fraction of sp³-hybridized carbons (Fsp3) is 0.679. The topological polar surface area (TPSA) is 170 Å². The summed E-state index contributed by atoms with van der Waals surface area (Å²) < 4.78 is 41.2. The molecule has 236 valence electrons. The van der Waals surface area contributed by atoms with Gasteiger partial charge in [0.2, 0.25) is 5.91 Å². The summed E-state index contributed by atoms with van der Waals surface area (Å²) in [5, 5.41) is 15.2. The van der Waals surface area contributed by atoms with Crippen LogP contribution in [0.15, 0.2) is 23.2 Å². The zero-order chi connectivity index (χ0) is 31.7. The molecular formula is C28H41BF2N6O6. The fourth-order valence-electron chi connectivity index (χ4n) is 6.91. The number of nitro groups is 1. The van der Waals surface area contributed by atoms with Crippen molar-refractivity contribution in [3.8, 4) is 0 Å². The van der Waals surface area contributed by atoms with E-state index in [9.17, 15) is 28.5 Å². The highest BCUT2D eigenvalue weighted by Gasteiger charge is 2.68. The van der Waals surface area contributed by atoms with Gasteiger partial charge in [-0.3, -0.25) is 9.59 Å². The Hall–Kier alpha value is -3.33. The largest absolute Gasteiger partial charge is 0.481 e. The fourth-order valence-corrected chi connectivity index (χ4v) is 6.91. The summed E-state index contributed by atoms with van der Waals surface area (Å²) in [5.41, 5.74) is 6.29. The van der Waals surface area contributed by atoms with Crippen LogP contribution in [0, 0.1) is 44.9 Å². The number of carbonyl (C=O) groups is 2. The molecule has 0 unspecified atom stereocenters. The lowest BCUT2D eigenvalue weighted by Crippen LogP contribution is -2.65. The van der Waals surface area contributed by atoms with Crippen LogP contribution in [0.4, 0.5) is 8.78 Å². The van der Waals surface area contributed by atoms with E-state index in [1.54, 1.807) is 5.43 Å². The molecule has 1 aliphatic heterocycles. The van der Waals surface area contributed by atoms with Gasteiger partial charge in [0.15, 0.2) is 16.7 Å². The summed E-state index contributed by atoms with van der Waals surface area (Å²) in [6.07, 6.45) is 2.61. The lowest BCUT2D eigenvalue weighted by molar-refractivity contribution is -0.525. The molecule has 43 heavy (non-hydrogen) atoms. The van der Waals surface area contributed by atoms with E-state index in [-0.39, 0.29) is 36.8 Å². The van der Waals surface area contributed by atoms with Crippen molar-refractivity contribution in [2.24, 2.45) is 33.9 Å². The van der Waals surface area contributed by atoms with Crippen molar-refractivity contribution in [1.82, 2.24) is 16.1 Å². The van der Waals surface area contributed by atoms with Crippen LogP contribution in [0.1, 0.15) is 77.1 Å². The molecule has 3 aliphatic carbocycles. The van der Waals surface area contributed by atoms with E-state index in [1.807, 2.05) is 13.8 Å². The average Bonchev–Trinajstić information content (AvgIpc) is 3.27. The zero-order valence-corrected chi connectivity index (χ0v) is 25.2. The number of benzene rings is 1. The number of aliphatic imine (C=N–C) groups is 1. The predicted octanol–water partition coefficient (Wildman–Crippen LogP) is 2.74. The molecule has 1 heterocycles. The molecule has 1 saturated heterocycles. The number of nitrogens with two attached hydrogens (primary N) is 1. The number of hydrazine groups is 1. The number of rotatable bonds is 12. The van der Waals surface area contributed by atoms with Crippen LogP contribution in [0.3, 0.4) is 0 Å². The van der Waals surface area contributed by atoms with Crippen molar-refractivity contribution in [2.45, 2.75) is 90.4 Å². The Kier molecular flexibility index (Phi) is 9.64. The van der Waals surface area contributed by atoms with Crippen LogP contribution >= 0.6 is 0 Å². The Morgan fingerprint density at radius 2 is 1.95 bits per heavy atom. The summed E-state index contributed by atoms with van der Waals surface area (Å²) in [4.78, 5) is 41.0. The molecule has 0 aromatic heterocycles. The molecule has 1 aromatic carbocycles. The first-order valence-electron chi connectivity index (χ1n) is 14.7. The van der Waals surface area contributed by atoms with Crippen LogP contribution in [0.5, 0.6) is 0 Å². The molecule has 15 heteroatoms. The third-order valence-corrected chi connectivity index (χ3v) is 9.31. The maximum absolute atomic E-state index is 14.4. The molecule has 4 fully saturated rings. The summed E-state index contributed by atoms with van der Waals surface area (Å²) in [6, 6.07) is 2.03. The number of carbonyl (C=O) groups excluding carboxylic acids is 2. The maximum Gasteiger partial charge on any atom is 0.481 e. The van der Waals surface area contributed by atoms with Gasteiger partial charge in [-0.05, 0) is 74.3 Å². The quantitative estimate of drug-likeness (QED) is 0.0703. The normalized spacial score (nSPS) is 27.1. The highest BCUT2D eigenvalue weighted by Crippen LogP contribution is 2.65. The van der Waals surface area contributed by atoms with Gasteiger partial charge in [0, 0.05) is 6.54 Å². The van der Waals surface area contributed by atoms with Crippen molar-refractivity contribution in [3.05, 3.63) is 45.5 Å². The first-order valence-corrected chi connectivity index (χ1v) is 14.7. The molecule has 5 rings (SSSR count). The van der Waals surface area contributed by atoms with Gasteiger partial charge in [0.1, 0.15) is 6.04 Å². The van der Waals surface area contributed by atoms with Crippen LogP contribution in [0.25, 0.3) is 0 Å². The molecule has 0 spiro atoms. The van der Waals surface area contributed by atoms with E-state index >= 15 is 0 Å². The van der Waals surface area contributed by atoms with E-state index in [2.05, 4.69) is 36.4 Å². The molecule has 5 N–H and O–H groups in total. The number of amides is 2. The Morgan fingerprint density at radius 3 is 2.60 bits per heavy atom. The van der Waals surface area contributed by atoms with Gasteiger partial charge in [0.25, 0.3) is 11.9 Å². The van der Waals surface area contributed by atoms with Gasteiger partial charge in [-0.2, -0.15) is 0 Å². The van der Waals surface area contributed by atoms with Gasteiger partial charge >= 0.3 is 7.12 Å². The molecule has 0 radical (unpaired) electrons. The number of halogens is 2. The number of hydrogen-bond acceptors (Lipinski definition) is 7. The van der Waals surface area contributed by atoms with Crippen LogP contribution in [-0.2, 0) is 14.1 Å². The zero-order valence-electron chi connectivity index (χ0n) is 25.2. The molecular weight excluding hydrogens is 565 g/mol. The average molecular weight is 606 g/mol. The van der Waals surface area contributed by atoms with E-state index in [4.69, 9.17) is 15.0 Å². The molecule has 2 bridgehead atoms. The molecule has 2 amide bonds. The third kappa shape index (κ3) is 6.92. The standard InChI is InChI=1S/C28H41BF2N6O6/c1-15(2)12-22(29-42-21-14-16-13-20(27(16,3)4)28(21,5)43-29)35-25(39)19(10-7-11-33-26(32)36-37(40)41)34-24(38)17-8-6-9-18(30)23(17)31/h6,8-9,15-16,19-22H,7,10-14H2,1-5H3,(H,34,38)(H,35,39)(H3,32,33,36)/t16-,19-,20-,21+,22-,28-/m0/s1. The minimum atomic E-state index is -1.33. The molecule has 12 nitrogen and oxygen atoms in total. The molecule has 1 aromatic rings. The van der Waals surface area contributed by atoms with Gasteiger partial charge in [-0.1, -0.05) is 39.2 Å². The minimum absolute atomic E-state index is 0.00327. The van der Waals surface area contributed by atoms with Crippen molar-refractivity contribution in [2.75, 3.05) is 6.54 Å². The van der Waals surface area contributed by atoms with E-state index in [1.165, 1.54) is 6.07 Å². The molecule has 4 aliphatic rings. The van der Waals surface area contributed by atoms with Crippen molar-refractivity contribution >= 4 is 24.9 Å². The SMILES string of the molecule is CC(C)C[C@H](NC(=O)[C@H](CCCN=C(N)N[N+](=O)[O-])NC(=O)c1cccc(F)c1F)B1O[C@@H]2C[C@@H]3C[C@@H](C3(C)C)[C@]2(C)O1. The number of guanidine groups is 1. The van der Waals surface area contributed by atoms with E-state index in [0.29, 0.717) is 18.3 Å². The second-order valence-electron chi connectivity index (χ2n) is 13.0. The van der Waals surface area contributed by atoms with Crippen molar-refractivity contribution in [3.63, 3.8) is 0 Å². The molecule has 6 atom stereocenters.